The Morgan fingerprint density at radius 2 is 2.24 bits per heavy atom. The van der Waals surface area contributed by atoms with Gasteiger partial charge in [-0.2, -0.15) is 5.10 Å². The third-order valence-corrected chi connectivity index (χ3v) is 4.14. The number of aromatic amines is 1. The first kappa shape index (κ1) is 15.9. The first-order valence-corrected chi connectivity index (χ1v) is 7.80. The highest BCUT2D eigenvalue weighted by Gasteiger charge is 2.34. The fraction of sp³-hybridized carbons (Fsp3) is 0.800. The number of carbonyl (C=O) groups excluding carboxylic acids is 1. The highest BCUT2D eigenvalue weighted by atomic mass is 16.5. The summed E-state index contributed by atoms with van der Waals surface area (Å²) in [5.74, 6) is 1.72. The van der Waals surface area contributed by atoms with Crippen LogP contribution in [0.15, 0.2) is 0 Å². The molecule has 118 valence electrons. The number of morpholine rings is 1. The molecule has 0 radical (unpaired) electrons. The lowest BCUT2D eigenvalue weighted by Crippen LogP contribution is -2.47. The molecule has 1 N–H and O–H groups in total. The first-order chi connectivity index (χ1) is 9.97. The molecule has 1 unspecified atom stereocenters. The van der Waals surface area contributed by atoms with Gasteiger partial charge in [0.2, 0.25) is 5.91 Å². The third-order valence-electron chi connectivity index (χ3n) is 4.14. The monoisotopic (exact) mass is 294 g/mol. The predicted molar refractivity (Wildman–Crippen MR) is 79.7 cm³/mol. The van der Waals surface area contributed by atoms with E-state index in [-0.39, 0.29) is 17.4 Å². The van der Waals surface area contributed by atoms with Crippen LogP contribution in [0.5, 0.6) is 0 Å². The molecule has 6 nitrogen and oxygen atoms in total. The van der Waals surface area contributed by atoms with Crippen LogP contribution in [0.2, 0.25) is 0 Å². The van der Waals surface area contributed by atoms with E-state index in [0.717, 1.165) is 25.1 Å². The van der Waals surface area contributed by atoms with E-state index < -0.39 is 0 Å². The molecule has 1 aromatic heterocycles. The molecule has 0 aromatic carbocycles. The lowest BCUT2D eigenvalue weighted by atomic mass is 9.88. The number of carbonyl (C=O) groups is 1. The number of ether oxygens (including phenoxy) is 1. The standard InChI is InChI=1S/C15H26N4O2/c1-5-7-12-16-13(18-17-12)11-10-19(8-9-21-11)14(20)15(3,4)6-2/h11H,5-10H2,1-4H3,(H,16,17,18). The highest BCUT2D eigenvalue weighted by Crippen LogP contribution is 2.27. The summed E-state index contributed by atoms with van der Waals surface area (Å²) in [7, 11) is 0. The third kappa shape index (κ3) is 3.61. The van der Waals surface area contributed by atoms with Crippen molar-refractivity contribution in [3.8, 4) is 0 Å². The second-order valence-corrected chi connectivity index (χ2v) is 6.24. The first-order valence-electron chi connectivity index (χ1n) is 7.80. The van der Waals surface area contributed by atoms with Gasteiger partial charge < -0.3 is 9.64 Å². The van der Waals surface area contributed by atoms with Crippen molar-refractivity contribution in [3.63, 3.8) is 0 Å². The molecule has 1 atom stereocenters. The van der Waals surface area contributed by atoms with Crippen LogP contribution in [0.25, 0.3) is 0 Å². The van der Waals surface area contributed by atoms with Crippen LogP contribution in [0.4, 0.5) is 0 Å². The summed E-state index contributed by atoms with van der Waals surface area (Å²) in [6, 6.07) is 0. The van der Waals surface area contributed by atoms with Gasteiger partial charge in [-0.05, 0) is 12.8 Å². The molecule has 21 heavy (non-hydrogen) atoms. The summed E-state index contributed by atoms with van der Waals surface area (Å²) in [4.78, 5) is 18.9. The van der Waals surface area contributed by atoms with Crippen LogP contribution in [0, 0.1) is 5.41 Å². The van der Waals surface area contributed by atoms with Crippen molar-refractivity contribution in [2.75, 3.05) is 19.7 Å². The maximum Gasteiger partial charge on any atom is 0.228 e. The predicted octanol–water partition coefficient (Wildman–Crippen LogP) is 2.09. The van der Waals surface area contributed by atoms with E-state index in [0.29, 0.717) is 25.5 Å². The van der Waals surface area contributed by atoms with Crippen LogP contribution < -0.4 is 0 Å². The Hall–Kier alpha value is -1.43. The fourth-order valence-electron chi connectivity index (χ4n) is 2.37. The van der Waals surface area contributed by atoms with E-state index in [9.17, 15) is 4.79 Å². The zero-order chi connectivity index (χ0) is 15.5. The number of aryl methyl sites for hydroxylation is 1. The lowest BCUT2D eigenvalue weighted by molar-refractivity contribution is -0.148. The van der Waals surface area contributed by atoms with Gasteiger partial charge >= 0.3 is 0 Å². The van der Waals surface area contributed by atoms with Gasteiger partial charge in [-0.1, -0.05) is 27.7 Å². The van der Waals surface area contributed by atoms with E-state index in [4.69, 9.17) is 4.74 Å². The quantitative estimate of drug-likeness (QED) is 0.902. The van der Waals surface area contributed by atoms with Crippen LogP contribution in [0.3, 0.4) is 0 Å². The maximum absolute atomic E-state index is 12.6. The molecule has 6 heteroatoms. The summed E-state index contributed by atoms with van der Waals surface area (Å²) in [6.07, 6.45) is 2.51. The number of hydrogen-bond acceptors (Lipinski definition) is 4. The number of aromatic nitrogens is 3. The molecule has 0 aliphatic carbocycles. The number of rotatable bonds is 5. The molecule has 0 spiro atoms. The van der Waals surface area contributed by atoms with Gasteiger partial charge in [0, 0.05) is 18.4 Å². The number of nitrogens with zero attached hydrogens (tertiary/aromatic N) is 3. The van der Waals surface area contributed by atoms with Crippen LogP contribution >= 0.6 is 0 Å². The molecular formula is C15H26N4O2. The normalized spacial score (nSPS) is 19.8. The average Bonchev–Trinajstić information content (AvgIpc) is 2.95. The van der Waals surface area contributed by atoms with Gasteiger partial charge in [0.1, 0.15) is 11.9 Å². The zero-order valence-corrected chi connectivity index (χ0v) is 13.5. The van der Waals surface area contributed by atoms with E-state index in [1.165, 1.54) is 0 Å². The molecule has 1 fully saturated rings. The molecular weight excluding hydrogens is 268 g/mol. The minimum Gasteiger partial charge on any atom is -0.366 e. The van der Waals surface area contributed by atoms with Crippen LogP contribution in [-0.2, 0) is 16.0 Å². The van der Waals surface area contributed by atoms with Crippen molar-refractivity contribution < 1.29 is 9.53 Å². The Morgan fingerprint density at radius 3 is 2.90 bits per heavy atom. The van der Waals surface area contributed by atoms with Crippen molar-refractivity contribution in [3.05, 3.63) is 11.6 Å². The van der Waals surface area contributed by atoms with Crippen molar-refractivity contribution in [1.29, 1.82) is 0 Å². The van der Waals surface area contributed by atoms with E-state index in [1.54, 1.807) is 0 Å². The summed E-state index contributed by atoms with van der Waals surface area (Å²) in [5.41, 5.74) is -0.325. The Morgan fingerprint density at radius 1 is 1.48 bits per heavy atom. The molecule has 1 aromatic rings. The van der Waals surface area contributed by atoms with Gasteiger partial charge in [-0.25, -0.2) is 4.98 Å². The number of nitrogens with one attached hydrogen (secondary N) is 1. The minimum atomic E-state index is -0.325. The molecule has 0 bridgehead atoms. The second kappa shape index (κ2) is 6.56. The van der Waals surface area contributed by atoms with Gasteiger partial charge in [0.15, 0.2) is 5.82 Å². The van der Waals surface area contributed by atoms with Crippen LogP contribution in [-0.4, -0.2) is 45.7 Å². The Balaban J connectivity index is 2.04. The number of hydrogen-bond donors (Lipinski definition) is 1. The molecule has 2 heterocycles. The van der Waals surface area contributed by atoms with E-state index >= 15 is 0 Å². The second-order valence-electron chi connectivity index (χ2n) is 6.24. The molecule has 1 aliphatic heterocycles. The largest absolute Gasteiger partial charge is 0.366 e. The molecule has 1 amide bonds. The summed E-state index contributed by atoms with van der Waals surface area (Å²) in [5, 5.41) is 7.18. The fourth-order valence-corrected chi connectivity index (χ4v) is 2.37. The number of H-pyrrole nitrogens is 1. The van der Waals surface area contributed by atoms with Gasteiger partial charge in [-0.15, -0.1) is 0 Å². The summed E-state index contributed by atoms with van der Waals surface area (Å²) < 4.78 is 5.74. The molecule has 0 saturated carbocycles. The van der Waals surface area contributed by atoms with E-state index in [2.05, 4.69) is 22.1 Å². The topological polar surface area (TPSA) is 71.1 Å². The SMILES string of the molecule is CCCc1nc(C2CN(C(=O)C(C)(C)CC)CCO2)n[nH]1. The Kier molecular flexibility index (Phi) is 4.98. The maximum atomic E-state index is 12.6. The highest BCUT2D eigenvalue weighted by molar-refractivity contribution is 5.82. The van der Waals surface area contributed by atoms with Crippen LogP contribution in [0.1, 0.15) is 58.3 Å². The summed E-state index contributed by atoms with van der Waals surface area (Å²) >= 11 is 0. The van der Waals surface area contributed by atoms with E-state index in [1.807, 2.05) is 25.7 Å². The Bertz CT molecular complexity index is 484. The van der Waals surface area contributed by atoms with Crippen molar-refractivity contribution >= 4 is 5.91 Å². The smallest absolute Gasteiger partial charge is 0.228 e. The Labute approximate surface area is 126 Å². The number of amides is 1. The minimum absolute atomic E-state index is 0.183. The summed E-state index contributed by atoms with van der Waals surface area (Å²) in [6.45, 7) is 9.84. The lowest BCUT2D eigenvalue weighted by Gasteiger charge is -2.36. The van der Waals surface area contributed by atoms with Crippen molar-refractivity contribution in [2.24, 2.45) is 5.41 Å². The van der Waals surface area contributed by atoms with Crippen molar-refractivity contribution in [2.45, 2.75) is 53.1 Å². The molecule has 1 saturated heterocycles. The zero-order valence-electron chi connectivity index (χ0n) is 13.5. The molecule has 2 rings (SSSR count). The average molecular weight is 294 g/mol. The van der Waals surface area contributed by atoms with Gasteiger partial charge in [0.05, 0.1) is 13.2 Å². The molecule has 1 aliphatic rings. The van der Waals surface area contributed by atoms with Gasteiger partial charge in [0.25, 0.3) is 0 Å². The van der Waals surface area contributed by atoms with Gasteiger partial charge in [-0.3, -0.25) is 9.89 Å². The van der Waals surface area contributed by atoms with Crippen molar-refractivity contribution in [1.82, 2.24) is 20.1 Å².